The minimum Gasteiger partial charge on any atom is -0.376 e. The Morgan fingerprint density at radius 1 is 1.04 bits per heavy atom. The highest BCUT2D eigenvalue weighted by Crippen LogP contribution is 2.24. The van der Waals surface area contributed by atoms with Gasteiger partial charge in [0, 0.05) is 18.0 Å². The van der Waals surface area contributed by atoms with Gasteiger partial charge in [0.15, 0.2) is 0 Å². The van der Waals surface area contributed by atoms with Gasteiger partial charge >= 0.3 is 0 Å². The second-order valence-corrected chi connectivity index (χ2v) is 6.31. The van der Waals surface area contributed by atoms with Gasteiger partial charge in [0.25, 0.3) is 0 Å². The summed E-state index contributed by atoms with van der Waals surface area (Å²) in [5.41, 5.74) is 4.52. The maximum Gasteiger partial charge on any atom is 0.128 e. The molecule has 0 aromatic heterocycles. The van der Waals surface area contributed by atoms with Crippen molar-refractivity contribution < 1.29 is 9.13 Å². The molecule has 138 valence electrons. The van der Waals surface area contributed by atoms with Gasteiger partial charge in [0.1, 0.15) is 5.82 Å². The molecule has 0 radical (unpaired) electrons. The number of halogens is 2. The molecule has 25 heavy (non-hydrogen) atoms. The topological polar surface area (TPSA) is 21.3 Å². The van der Waals surface area contributed by atoms with Crippen LogP contribution in [-0.2, 0) is 11.3 Å². The molecule has 0 aliphatic heterocycles. The lowest BCUT2D eigenvalue weighted by Gasteiger charge is -2.22. The van der Waals surface area contributed by atoms with Gasteiger partial charge in [-0.1, -0.05) is 43.3 Å². The van der Waals surface area contributed by atoms with Crippen LogP contribution in [0.15, 0.2) is 42.5 Å². The average molecular weight is 366 g/mol. The Kier molecular flexibility index (Phi) is 9.73. The third kappa shape index (κ3) is 6.43. The number of nitrogens with one attached hydrogen (secondary N) is 1. The van der Waals surface area contributed by atoms with E-state index in [1.807, 2.05) is 6.07 Å². The number of benzene rings is 2. The van der Waals surface area contributed by atoms with E-state index in [0.29, 0.717) is 18.8 Å². The minimum atomic E-state index is -0.203. The lowest BCUT2D eigenvalue weighted by Crippen LogP contribution is -2.26. The summed E-state index contributed by atoms with van der Waals surface area (Å²) in [6, 6.07) is 13.2. The van der Waals surface area contributed by atoms with E-state index in [4.69, 9.17) is 4.74 Å². The zero-order chi connectivity index (χ0) is 17.4. The summed E-state index contributed by atoms with van der Waals surface area (Å²) in [4.78, 5) is 0. The number of aryl methyl sites for hydroxylation is 2. The molecule has 2 aromatic rings. The number of hydrogen-bond acceptors (Lipinski definition) is 2. The molecule has 0 saturated heterocycles. The molecule has 0 amide bonds. The van der Waals surface area contributed by atoms with Crippen LogP contribution in [0, 0.1) is 19.7 Å². The van der Waals surface area contributed by atoms with Gasteiger partial charge in [-0.2, -0.15) is 0 Å². The normalized spacial score (nSPS) is 11.8. The number of hydrogen-bond donors (Lipinski definition) is 1. The molecule has 0 heterocycles. The van der Waals surface area contributed by atoms with E-state index in [1.165, 1.54) is 22.8 Å². The second kappa shape index (κ2) is 11.2. The van der Waals surface area contributed by atoms with E-state index in [1.54, 1.807) is 12.1 Å². The number of ether oxygens (including phenoxy) is 1. The van der Waals surface area contributed by atoms with E-state index >= 15 is 0 Å². The SMILES string of the molecule is CCCNCC(COCc1ccccc1F)c1c(C)cccc1C.Cl. The highest BCUT2D eigenvalue weighted by Gasteiger charge is 2.16. The molecule has 1 atom stereocenters. The Labute approximate surface area is 157 Å². The smallest absolute Gasteiger partial charge is 0.128 e. The van der Waals surface area contributed by atoms with Crippen LogP contribution >= 0.6 is 12.4 Å². The van der Waals surface area contributed by atoms with Crippen molar-refractivity contribution in [2.45, 2.75) is 39.7 Å². The Morgan fingerprint density at radius 2 is 1.72 bits per heavy atom. The van der Waals surface area contributed by atoms with Crippen LogP contribution in [0.2, 0.25) is 0 Å². The summed E-state index contributed by atoms with van der Waals surface area (Å²) < 4.78 is 19.6. The Balaban J connectivity index is 0.00000312. The van der Waals surface area contributed by atoms with Crippen LogP contribution in [0.3, 0.4) is 0 Å². The zero-order valence-electron chi connectivity index (χ0n) is 15.3. The molecule has 0 spiro atoms. The highest BCUT2D eigenvalue weighted by molar-refractivity contribution is 5.85. The second-order valence-electron chi connectivity index (χ2n) is 6.31. The van der Waals surface area contributed by atoms with Gasteiger partial charge in [-0.05, 0) is 49.6 Å². The highest BCUT2D eigenvalue weighted by atomic mass is 35.5. The largest absolute Gasteiger partial charge is 0.376 e. The summed E-state index contributed by atoms with van der Waals surface area (Å²) in [5, 5.41) is 3.49. The molecule has 2 nitrogen and oxygen atoms in total. The predicted octanol–water partition coefficient (Wildman–Crippen LogP) is 5.16. The van der Waals surface area contributed by atoms with Crippen molar-refractivity contribution in [2.24, 2.45) is 0 Å². The molecule has 0 aliphatic carbocycles. The van der Waals surface area contributed by atoms with Crippen molar-refractivity contribution in [3.8, 4) is 0 Å². The van der Waals surface area contributed by atoms with E-state index in [-0.39, 0.29) is 24.1 Å². The van der Waals surface area contributed by atoms with Gasteiger partial charge in [-0.15, -0.1) is 12.4 Å². The first-order chi connectivity index (χ1) is 11.6. The maximum atomic E-state index is 13.7. The van der Waals surface area contributed by atoms with Crippen molar-refractivity contribution in [1.29, 1.82) is 0 Å². The summed E-state index contributed by atoms with van der Waals surface area (Å²) >= 11 is 0. The zero-order valence-corrected chi connectivity index (χ0v) is 16.2. The first-order valence-corrected chi connectivity index (χ1v) is 8.71. The van der Waals surface area contributed by atoms with Crippen molar-refractivity contribution in [2.75, 3.05) is 19.7 Å². The van der Waals surface area contributed by atoms with Crippen LogP contribution in [0.1, 0.15) is 41.5 Å². The number of rotatable bonds is 9. The van der Waals surface area contributed by atoms with Crippen molar-refractivity contribution >= 4 is 12.4 Å². The molecule has 2 rings (SSSR count). The van der Waals surface area contributed by atoms with E-state index in [9.17, 15) is 4.39 Å². The summed E-state index contributed by atoms with van der Waals surface area (Å²) in [6.45, 7) is 9.21. The van der Waals surface area contributed by atoms with Gasteiger partial charge in [-0.25, -0.2) is 4.39 Å². The summed E-state index contributed by atoms with van der Waals surface area (Å²) in [5.74, 6) is 0.0646. The Bertz CT molecular complexity index is 627. The monoisotopic (exact) mass is 365 g/mol. The van der Waals surface area contributed by atoms with Crippen LogP contribution in [0.25, 0.3) is 0 Å². The first kappa shape index (κ1) is 21.6. The molecule has 2 aromatic carbocycles. The third-order valence-corrected chi connectivity index (χ3v) is 4.30. The quantitative estimate of drug-likeness (QED) is 0.619. The molecule has 0 aliphatic rings. The van der Waals surface area contributed by atoms with E-state index in [2.05, 4.69) is 44.3 Å². The van der Waals surface area contributed by atoms with E-state index in [0.717, 1.165) is 19.5 Å². The van der Waals surface area contributed by atoms with Gasteiger partial charge in [0.05, 0.1) is 13.2 Å². The summed E-state index contributed by atoms with van der Waals surface area (Å²) in [7, 11) is 0. The average Bonchev–Trinajstić information content (AvgIpc) is 2.56. The molecule has 1 unspecified atom stereocenters. The fourth-order valence-corrected chi connectivity index (χ4v) is 3.10. The summed E-state index contributed by atoms with van der Waals surface area (Å²) in [6.07, 6.45) is 1.11. The Hall–Kier alpha value is -1.42. The van der Waals surface area contributed by atoms with E-state index < -0.39 is 0 Å². The molecule has 1 N–H and O–H groups in total. The third-order valence-electron chi connectivity index (χ3n) is 4.30. The molecule has 4 heteroatoms. The first-order valence-electron chi connectivity index (χ1n) is 8.71. The molecular formula is C21H29ClFNO. The molecule has 0 bridgehead atoms. The molecular weight excluding hydrogens is 337 g/mol. The lowest BCUT2D eigenvalue weighted by atomic mass is 9.91. The fraction of sp³-hybridized carbons (Fsp3) is 0.429. The van der Waals surface area contributed by atoms with Crippen LogP contribution in [0.5, 0.6) is 0 Å². The molecule has 0 fully saturated rings. The van der Waals surface area contributed by atoms with Gasteiger partial charge in [0.2, 0.25) is 0 Å². The minimum absolute atomic E-state index is 0. The fourth-order valence-electron chi connectivity index (χ4n) is 3.10. The maximum absolute atomic E-state index is 13.7. The molecule has 0 saturated carbocycles. The van der Waals surface area contributed by atoms with Crippen molar-refractivity contribution in [1.82, 2.24) is 5.32 Å². The van der Waals surface area contributed by atoms with Crippen LogP contribution in [0.4, 0.5) is 4.39 Å². The van der Waals surface area contributed by atoms with Crippen molar-refractivity contribution in [3.63, 3.8) is 0 Å². The van der Waals surface area contributed by atoms with Gasteiger partial charge in [-0.3, -0.25) is 0 Å². The van der Waals surface area contributed by atoms with Crippen LogP contribution in [-0.4, -0.2) is 19.7 Å². The predicted molar refractivity (Wildman–Crippen MR) is 105 cm³/mol. The van der Waals surface area contributed by atoms with Gasteiger partial charge < -0.3 is 10.1 Å². The Morgan fingerprint density at radius 3 is 2.36 bits per heavy atom. The van der Waals surface area contributed by atoms with Crippen LogP contribution < -0.4 is 5.32 Å². The lowest BCUT2D eigenvalue weighted by molar-refractivity contribution is 0.104. The standard InChI is InChI=1S/C21H28FNO.ClH/c1-4-12-23-13-19(21-16(2)8-7-9-17(21)3)15-24-14-18-10-5-6-11-20(18)22;/h5-11,19,23H,4,12-15H2,1-3H3;1H. The van der Waals surface area contributed by atoms with Crippen molar-refractivity contribution in [3.05, 3.63) is 70.5 Å².